The molecule has 0 aromatic heterocycles. The Labute approximate surface area is 120 Å². The molecule has 0 saturated heterocycles. The summed E-state index contributed by atoms with van der Waals surface area (Å²) in [5.41, 5.74) is -0.128. The lowest BCUT2D eigenvalue weighted by atomic mass is 9.75. The van der Waals surface area contributed by atoms with Crippen LogP contribution in [0.2, 0.25) is 5.82 Å². The van der Waals surface area contributed by atoms with Crippen molar-refractivity contribution in [1.82, 2.24) is 0 Å². The quantitative estimate of drug-likeness (QED) is 0.561. The zero-order chi connectivity index (χ0) is 14.7. The van der Waals surface area contributed by atoms with E-state index in [4.69, 9.17) is 9.47 Å². The molecule has 0 bridgehead atoms. The molecule has 1 aliphatic rings. The highest BCUT2D eigenvalue weighted by atomic mass is 16.5. The summed E-state index contributed by atoms with van der Waals surface area (Å²) in [6, 6.07) is 0. The van der Waals surface area contributed by atoms with E-state index < -0.39 is 0 Å². The van der Waals surface area contributed by atoms with E-state index in [1.54, 1.807) is 0 Å². The first-order chi connectivity index (χ1) is 8.63. The van der Waals surface area contributed by atoms with E-state index in [0.29, 0.717) is 11.7 Å². The van der Waals surface area contributed by atoms with E-state index in [1.165, 1.54) is 0 Å². The van der Waals surface area contributed by atoms with Crippen molar-refractivity contribution in [3.63, 3.8) is 0 Å². The summed E-state index contributed by atoms with van der Waals surface area (Å²) in [6.45, 7) is 13.6. The lowest BCUT2D eigenvalue weighted by Gasteiger charge is -2.37. The van der Waals surface area contributed by atoms with Crippen LogP contribution in [0.15, 0.2) is 12.2 Å². The second-order valence-electron chi connectivity index (χ2n) is 7.45. The molecule has 0 aromatic carbocycles. The van der Waals surface area contributed by atoms with Gasteiger partial charge < -0.3 is 9.47 Å². The zero-order valence-electron chi connectivity index (χ0n) is 13.8. The first kappa shape index (κ1) is 16.8. The maximum atomic E-state index is 6.34. The predicted molar refractivity (Wildman–Crippen MR) is 84.5 cm³/mol. The van der Waals surface area contributed by atoms with Crippen LogP contribution < -0.4 is 0 Å². The summed E-state index contributed by atoms with van der Waals surface area (Å²) in [4.78, 5) is 0. The van der Waals surface area contributed by atoms with Crippen LogP contribution in [0.1, 0.15) is 54.4 Å². The second kappa shape index (κ2) is 6.45. The highest BCUT2D eigenvalue weighted by molar-refractivity contribution is 6.13. The minimum Gasteiger partial charge on any atom is -0.375 e. The smallest absolute Gasteiger partial charge is 0.110 e. The highest BCUT2D eigenvalue weighted by Crippen LogP contribution is 2.32. The van der Waals surface area contributed by atoms with Crippen LogP contribution in [0.25, 0.3) is 0 Å². The molecular formula is C16H31BO2. The molecule has 0 spiro atoms. The first-order valence-corrected chi connectivity index (χ1v) is 7.63. The maximum absolute atomic E-state index is 6.34. The van der Waals surface area contributed by atoms with Crippen LogP contribution in [-0.2, 0) is 9.47 Å². The van der Waals surface area contributed by atoms with Crippen LogP contribution in [0, 0.1) is 5.92 Å². The Balaban J connectivity index is 2.66. The maximum Gasteiger partial charge on any atom is 0.110 e. The van der Waals surface area contributed by atoms with Gasteiger partial charge in [-0.15, -0.1) is 0 Å². The molecule has 0 saturated carbocycles. The molecule has 1 rings (SSSR count). The summed E-state index contributed by atoms with van der Waals surface area (Å²) in [6.07, 6.45) is 7.00. The van der Waals surface area contributed by atoms with Crippen LogP contribution in [0.4, 0.5) is 0 Å². The van der Waals surface area contributed by atoms with Gasteiger partial charge in [0.1, 0.15) is 7.85 Å². The van der Waals surface area contributed by atoms with E-state index in [-0.39, 0.29) is 17.3 Å². The van der Waals surface area contributed by atoms with Gasteiger partial charge in [-0.25, -0.2) is 0 Å². The number of allylic oxidation sites excluding steroid dienone is 1. The number of ether oxygens (including phenoxy) is 2. The Morgan fingerprint density at radius 1 is 1.16 bits per heavy atom. The Bertz CT molecular complexity index is 304. The molecule has 0 radical (unpaired) electrons. The van der Waals surface area contributed by atoms with Crippen molar-refractivity contribution in [3.05, 3.63) is 12.2 Å². The van der Waals surface area contributed by atoms with Crippen molar-refractivity contribution in [3.8, 4) is 0 Å². The molecule has 0 aromatic rings. The van der Waals surface area contributed by atoms with Crippen molar-refractivity contribution in [2.24, 2.45) is 5.92 Å². The zero-order valence-corrected chi connectivity index (χ0v) is 13.8. The monoisotopic (exact) mass is 266 g/mol. The van der Waals surface area contributed by atoms with Crippen molar-refractivity contribution in [2.75, 3.05) is 6.61 Å². The van der Waals surface area contributed by atoms with Crippen molar-refractivity contribution in [1.29, 1.82) is 0 Å². The van der Waals surface area contributed by atoms with Crippen LogP contribution in [0.3, 0.4) is 0 Å². The molecule has 0 N–H and O–H groups in total. The van der Waals surface area contributed by atoms with Gasteiger partial charge >= 0.3 is 0 Å². The average Bonchev–Trinajstić information content (AvgIpc) is 2.26. The Morgan fingerprint density at radius 3 is 2.32 bits per heavy atom. The van der Waals surface area contributed by atoms with E-state index in [9.17, 15) is 0 Å². The Hall–Kier alpha value is -0.275. The van der Waals surface area contributed by atoms with E-state index in [0.717, 1.165) is 19.4 Å². The van der Waals surface area contributed by atoms with Crippen molar-refractivity contribution >= 4 is 7.85 Å². The van der Waals surface area contributed by atoms with Gasteiger partial charge in [0.05, 0.1) is 23.9 Å². The molecule has 0 aliphatic heterocycles. The third-order valence-corrected chi connectivity index (χ3v) is 3.80. The van der Waals surface area contributed by atoms with Gasteiger partial charge in [-0.1, -0.05) is 19.1 Å². The van der Waals surface area contributed by atoms with E-state index in [1.807, 2.05) is 0 Å². The molecule has 0 fully saturated rings. The van der Waals surface area contributed by atoms with Gasteiger partial charge in [0.25, 0.3) is 0 Å². The fourth-order valence-electron chi connectivity index (χ4n) is 2.21. The number of hydrogen-bond acceptors (Lipinski definition) is 2. The van der Waals surface area contributed by atoms with Crippen LogP contribution in [0.5, 0.6) is 0 Å². The van der Waals surface area contributed by atoms with Crippen LogP contribution in [-0.4, -0.2) is 31.8 Å². The van der Waals surface area contributed by atoms with Gasteiger partial charge in [0.15, 0.2) is 0 Å². The predicted octanol–water partition coefficient (Wildman–Crippen LogP) is 3.37. The summed E-state index contributed by atoms with van der Waals surface area (Å²) in [7, 11) is 2.26. The molecule has 3 heteroatoms. The molecule has 0 amide bonds. The normalized spacial score (nSPS) is 28.6. The van der Waals surface area contributed by atoms with Gasteiger partial charge in [-0.05, 0) is 53.3 Å². The van der Waals surface area contributed by atoms with Crippen molar-refractivity contribution < 1.29 is 9.47 Å². The van der Waals surface area contributed by atoms with Crippen molar-refractivity contribution in [2.45, 2.75) is 77.5 Å². The third-order valence-electron chi connectivity index (χ3n) is 3.80. The molecule has 0 heterocycles. The molecule has 2 nitrogen and oxygen atoms in total. The lowest BCUT2D eigenvalue weighted by Crippen LogP contribution is -2.39. The van der Waals surface area contributed by atoms with Crippen LogP contribution >= 0.6 is 0 Å². The average molecular weight is 266 g/mol. The molecule has 19 heavy (non-hydrogen) atoms. The lowest BCUT2D eigenvalue weighted by molar-refractivity contribution is -0.115. The third kappa shape index (κ3) is 6.14. The topological polar surface area (TPSA) is 18.5 Å². The largest absolute Gasteiger partial charge is 0.375 e. The number of hydrogen-bond donors (Lipinski definition) is 0. The standard InChI is InChI=1S/C16H31BO2/c1-7-16(5,6)19-14-10-13(17)9-8-12(14)11-18-15(2,3)4/h8-9,12-14H,7,10-11,17H2,1-6H3/t12-,13-,14+/m1/s1. The van der Waals surface area contributed by atoms with Gasteiger partial charge in [0.2, 0.25) is 0 Å². The van der Waals surface area contributed by atoms with Gasteiger partial charge in [0, 0.05) is 5.92 Å². The summed E-state index contributed by atoms with van der Waals surface area (Å²) in [5.74, 6) is 0.977. The highest BCUT2D eigenvalue weighted by Gasteiger charge is 2.31. The minimum absolute atomic E-state index is 0.0461. The minimum atomic E-state index is -0.0816. The van der Waals surface area contributed by atoms with Gasteiger partial charge in [-0.2, -0.15) is 0 Å². The number of rotatable bonds is 5. The molecular weight excluding hydrogens is 235 g/mol. The molecule has 3 atom stereocenters. The Kier molecular flexibility index (Phi) is 5.70. The fraction of sp³-hybridized carbons (Fsp3) is 0.875. The van der Waals surface area contributed by atoms with E-state index in [2.05, 4.69) is 61.5 Å². The Morgan fingerprint density at radius 2 is 1.79 bits per heavy atom. The van der Waals surface area contributed by atoms with E-state index >= 15 is 0 Å². The SMILES string of the molecule is B[C@@H]1C=C[C@H](COC(C)(C)C)[C@@H](OC(C)(C)CC)C1. The second-order valence-corrected chi connectivity index (χ2v) is 7.45. The first-order valence-electron chi connectivity index (χ1n) is 7.63. The molecule has 0 unspecified atom stereocenters. The fourth-order valence-corrected chi connectivity index (χ4v) is 2.21. The molecule has 110 valence electrons. The summed E-state index contributed by atoms with van der Waals surface area (Å²) in [5, 5.41) is 0. The molecule has 1 aliphatic carbocycles. The van der Waals surface area contributed by atoms with Gasteiger partial charge in [-0.3, -0.25) is 0 Å². The summed E-state index contributed by atoms with van der Waals surface area (Å²) >= 11 is 0. The summed E-state index contributed by atoms with van der Waals surface area (Å²) < 4.78 is 12.3.